The molecule has 0 amide bonds. The Morgan fingerprint density at radius 3 is 2.60 bits per heavy atom. The van der Waals surface area contributed by atoms with Gasteiger partial charge in [0.2, 0.25) is 0 Å². The van der Waals surface area contributed by atoms with Gasteiger partial charge in [0.1, 0.15) is 5.75 Å². The van der Waals surface area contributed by atoms with E-state index in [1.54, 1.807) is 7.11 Å². The van der Waals surface area contributed by atoms with Gasteiger partial charge in [-0.2, -0.15) is 5.10 Å². The molecule has 6 nitrogen and oxygen atoms in total. The van der Waals surface area contributed by atoms with Crippen molar-refractivity contribution in [2.45, 2.75) is 33.1 Å². The molecule has 160 valence electrons. The predicted molar refractivity (Wildman–Crippen MR) is 118 cm³/mol. The molecule has 1 N–H and O–H groups in total. The van der Waals surface area contributed by atoms with Crippen LogP contribution in [0.3, 0.4) is 0 Å². The van der Waals surface area contributed by atoms with Crippen LogP contribution in [0.15, 0.2) is 54.6 Å². The summed E-state index contributed by atoms with van der Waals surface area (Å²) in [6.45, 7) is 6.08. The van der Waals surface area contributed by atoms with E-state index in [1.165, 1.54) is 5.56 Å². The van der Waals surface area contributed by atoms with Crippen molar-refractivity contribution in [3.8, 4) is 11.4 Å². The highest BCUT2D eigenvalue weighted by atomic mass is 16.5. The molecule has 3 aromatic rings. The minimum atomic E-state index is -0.564. The zero-order valence-electron chi connectivity index (χ0n) is 18.2. The Hall–Kier alpha value is -2.67. The molecular formula is C24H31N3O3. The third kappa shape index (κ3) is 5.69. The number of aliphatic hydroxyl groups is 1. The number of ether oxygens (including phenoxy) is 2. The lowest BCUT2D eigenvalue weighted by molar-refractivity contribution is 0.0126. The van der Waals surface area contributed by atoms with E-state index in [2.05, 4.69) is 24.0 Å². The van der Waals surface area contributed by atoms with E-state index in [0.29, 0.717) is 13.2 Å². The van der Waals surface area contributed by atoms with Gasteiger partial charge in [-0.3, -0.25) is 4.90 Å². The van der Waals surface area contributed by atoms with E-state index in [0.717, 1.165) is 34.9 Å². The van der Waals surface area contributed by atoms with Gasteiger partial charge >= 0.3 is 0 Å². The molecule has 0 bridgehead atoms. The second kappa shape index (κ2) is 10.4. The number of para-hydroxylation sites is 1. The summed E-state index contributed by atoms with van der Waals surface area (Å²) in [5.74, 6) is 0.804. The second-order valence-corrected chi connectivity index (χ2v) is 7.61. The summed E-state index contributed by atoms with van der Waals surface area (Å²) in [5.41, 5.74) is 5.39. The maximum Gasteiger partial charge on any atom is 0.119 e. The van der Waals surface area contributed by atoms with Crippen molar-refractivity contribution >= 4 is 0 Å². The molecule has 0 spiro atoms. The van der Waals surface area contributed by atoms with Gasteiger partial charge in [-0.25, -0.2) is 4.68 Å². The molecule has 0 saturated carbocycles. The number of nitrogens with zero attached hydrogens (tertiary/aromatic N) is 3. The number of rotatable bonds is 10. The zero-order valence-corrected chi connectivity index (χ0v) is 18.2. The van der Waals surface area contributed by atoms with Crippen molar-refractivity contribution in [1.82, 2.24) is 14.7 Å². The lowest BCUT2D eigenvalue weighted by atomic mass is 10.2. The van der Waals surface area contributed by atoms with Gasteiger partial charge in [0.15, 0.2) is 0 Å². The van der Waals surface area contributed by atoms with Gasteiger partial charge < -0.3 is 14.6 Å². The normalized spacial score (nSPS) is 12.3. The zero-order chi connectivity index (χ0) is 21.5. The summed E-state index contributed by atoms with van der Waals surface area (Å²) in [7, 11) is 3.65. The van der Waals surface area contributed by atoms with Crippen molar-refractivity contribution in [3.05, 3.63) is 77.1 Å². The van der Waals surface area contributed by atoms with Crippen LogP contribution >= 0.6 is 0 Å². The van der Waals surface area contributed by atoms with Crippen LogP contribution in [-0.4, -0.2) is 53.2 Å². The highest BCUT2D eigenvalue weighted by Crippen LogP contribution is 2.19. The highest BCUT2D eigenvalue weighted by molar-refractivity contribution is 5.36. The maximum atomic E-state index is 10.4. The number of likely N-dealkylation sites (N-methyl/N-ethyl adjacent to an activating group) is 1. The van der Waals surface area contributed by atoms with Gasteiger partial charge in [0, 0.05) is 24.3 Å². The largest absolute Gasteiger partial charge is 0.497 e. The molecule has 0 saturated heterocycles. The average molecular weight is 410 g/mol. The molecular weight excluding hydrogens is 378 g/mol. The Balaban J connectivity index is 1.51. The fourth-order valence-corrected chi connectivity index (χ4v) is 3.55. The Labute approximate surface area is 178 Å². The van der Waals surface area contributed by atoms with Crippen LogP contribution in [-0.2, 0) is 17.9 Å². The fourth-order valence-electron chi connectivity index (χ4n) is 3.55. The molecule has 0 fully saturated rings. The van der Waals surface area contributed by atoms with Crippen molar-refractivity contribution in [2.75, 3.05) is 27.3 Å². The van der Waals surface area contributed by atoms with Gasteiger partial charge in [-0.05, 0) is 50.7 Å². The third-order valence-electron chi connectivity index (χ3n) is 5.11. The monoisotopic (exact) mass is 409 g/mol. The maximum absolute atomic E-state index is 10.4. The molecule has 6 heteroatoms. The molecule has 3 rings (SSSR count). The number of hydrogen-bond donors (Lipinski definition) is 1. The molecule has 0 radical (unpaired) electrons. The van der Waals surface area contributed by atoms with Crippen molar-refractivity contribution < 1.29 is 14.6 Å². The summed E-state index contributed by atoms with van der Waals surface area (Å²) < 4.78 is 12.9. The second-order valence-electron chi connectivity index (χ2n) is 7.61. The van der Waals surface area contributed by atoms with E-state index in [-0.39, 0.29) is 6.61 Å². The SMILES string of the molecule is COc1cccc(COCC(O)CN(C)Cc2c(C)nn(-c3ccccc3)c2C)c1. The molecule has 0 aliphatic rings. The van der Waals surface area contributed by atoms with Crippen LogP contribution in [0.5, 0.6) is 5.75 Å². The molecule has 0 aliphatic carbocycles. The smallest absolute Gasteiger partial charge is 0.119 e. The van der Waals surface area contributed by atoms with Crippen molar-refractivity contribution in [2.24, 2.45) is 0 Å². The molecule has 1 heterocycles. The van der Waals surface area contributed by atoms with E-state index in [4.69, 9.17) is 14.6 Å². The Kier molecular flexibility index (Phi) is 7.63. The fraction of sp³-hybridized carbons (Fsp3) is 0.375. The summed E-state index contributed by atoms with van der Waals surface area (Å²) in [6, 6.07) is 17.9. The first-order valence-electron chi connectivity index (χ1n) is 10.2. The van der Waals surface area contributed by atoms with Gasteiger partial charge in [-0.1, -0.05) is 30.3 Å². The van der Waals surface area contributed by atoms with Crippen LogP contribution in [0.1, 0.15) is 22.5 Å². The van der Waals surface area contributed by atoms with Crippen molar-refractivity contribution in [1.29, 1.82) is 0 Å². The Bertz CT molecular complexity index is 940. The summed E-state index contributed by atoms with van der Waals surface area (Å²) in [5, 5.41) is 15.1. The highest BCUT2D eigenvalue weighted by Gasteiger charge is 2.16. The van der Waals surface area contributed by atoms with E-state index < -0.39 is 6.10 Å². The van der Waals surface area contributed by atoms with E-state index in [1.807, 2.05) is 61.1 Å². The van der Waals surface area contributed by atoms with E-state index >= 15 is 0 Å². The topological polar surface area (TPSA) is 59.8 Å². The number of hydrogen-bond acceptors (Lipinski definition) is 5. The van der Waals surface area contributed by atoms with E-state index in [9.17, 15) is 5.11 Å². The molecule has 1 atom stereocenters. The summed E-state index contributed by atoms with van der Waals surface area (Å²) >= 11 is 0. The lowest BCUT2D eigenvalue weighted by Crippen LogP contribution is -2.32. The molecule has 30 heavy (non-hydrogen) atoms. The first kappa shape index (κ1) is 22.0. The van der Waals surface area contributed by atoms with Gasteiger partial charge in [-0.15, -0.1) is 0 Å². The lowest BCUT2D eigenvalue weighted by Gasteiger charge is -2.21. The number of aliphatic hydroxyl groups excluding tert-OH is 1. The molecule has 2 aromatic carbocycles. The number of benzene rings is 2. The molecule has 0 aliphatic heterocycles. The Morgan fingerprint density at radius 1 is 1.10 bits per heavy atom. The first-order chi connectivity index (χ1) is 14.5. The van der Waals surface area contributed by atoms with Crippen LogP contribution in [0.4, 0.5) is 0 Å². The molecule has 1 unspecified atom stereocenters. The van der Waals surface area contributed by atoms with Gasteiger partial charge in [0.25, 0.3) is 0 Å². The number of aromatic nitrogens is 2. The predicted octanol–water partition coefficient (Wildman–Crippen LogP) is 3.51. The van der Waals surface area contributed by atoms with Crippen LogP contribution in [0, 0.1) is 13.8 Å². The third-order valence-corrected chi connectivity index (χ3v) is 5.11. The van der Waals surface area contributed by atoms with Crippen LogP contribution < -0.4 is 4.74 Å². The van der Waals surface area contributed by atoms with Crippen LogP contribution in [0.25, 0.3) is 5.69 Å². The summed E-state index contributed by atoms with van der Waals surface area (Å²) in [6.07, 6.45) is -0.564. The quantitative estimate of drug-likeness (QED) is 0.555. The summed E-state index contributed by atoms with van der Waals surface area (Å²) in [4.78, 5) is 2.10. The minimum Gasteiger partial charge on any atom is -0.497 e. The Morgan fingerprint density at radius 2 is 1.87 bits per heavy atom. The van der Waals surface area contributed by atoms with Crippen molar-refractivity contribution in [3.63, 3.8) is 0 Å². The number of aryl methyl sites for hydroxylation is 1. The van der Waals surface area contributed by atoms with Gasteiger partial charge in [0.05, 0.1) is 37.8 Å². The van der Waals surface area contributed by atoms with Crippen LogP contribution in [0.2, 0.25) is 0 Å². The average Bonchev–Trinajstić information content (AvgIpc) is 3.02. The first-order valence-corrected chi connectivity index (χ1v) is 10.2. The molecule has 1 aromatic heterocycles. The number of methoxy groups -OCH3 is 1. The minimum absolute atomic E-state index is 0.281. The standard InChI is InChI=1S/C24H31N3O3/c1-18-24(19(2)27(25-18)21-10-6-5-7-11-21)15-26(3)14-22(28)17-30-16-20-9-8-12-23(13-20)29-4/h5-13,22,28H,14-17H2,1-4H3.